The Morgan fingerprint density at radius 1 is 0.452 bits per heavy atom. The maximum atomic E-state index is 11.7. The second-order valence-electron chi connectivity index (χ2n) is 7.18. The zero-order valence-electron chi connectivity index (χ0n) is 16.5. The molecule has 152 valence electrons. The van der Waals surface area contributed by atoms with Gasteiger partial charge in [0.05, 0.1) is 0 Å². The number of hydrogen-bond acceptors (Lipinski definition) is 2. The molecule has 0 bridgehead atoms. The van der Waals surface area contributed by atoms with Crippen LogP contribution >= 0.6 is 23.2 Å². The Morgan fingerprint density at radius 2 is 0.742 bits per heavy atom. The molecule has 0 amide bonds. The summed E-state index contributed by atoms with van der Waals surface area (Å²) in [6, 6.07) is 36.0. The van der Waals surface area contributed by atoms with Crippen LogP contribution in [0.4, 0.5) is 0 Å². The third kappa shape index (κ3) is 4.11. The number of halogens is 2. The van der Waals surface area contributed by atoms with Gasteiger partial charge in [-0.05, 0) is 0 Å². The summed E-state index contributed by atoms with van der Waals surface area (Å²) >= 11 is 7.96. The molecule has 0 heterocycles. The first-order chi connectivity index (χ1) is 15.0. The van der Waals surface area contributed by atoms with Crippen LogP contribution in [0.1, 0.15) is 20.7 Å². The Hall–Kier alpha value is -2.66. The van der Waals surface area contributed by atoms with Gasteiger partial charge in [-0.3, -0.25) is 0 Å². The van der Waals surface area contributed by atoms with Crippen LogP contribution in [0.2, 0.25) is 0 Å². The summed E-state index contributed by atoms with van der Waals surface area (Å²) in [5.41, 5.74) is 0.928. The summed E-state index contributed by atoms with van der Waals surface area (Å²) in [7, 11) is 0. The van der Waals surface area contributed by atoms with Crippen LogP contribution in [-0.2, 0) is 0 Å². The number of hydrogen-bond donors (Lipinski definition) is 0. The monoisotopic (exact) mass is 506 g/mol. The molecule has 0 saturated carbocycles. The van der Waals surface area contributed by atoms with Gasteiger partial charge >= 0.3 is 194 Å². The average molecular weight is 506 g/mol. The van der Waals surface area contributed by atoms with Crippen molar-refractivity contribution in [1.82, 2.24) is 0 Å². The molecule has 5 heteroatoms. The second-order valence-corrected chi connectivity index (χ2v) is 15.9. The molecule has 0 unspecified atom stereocenters. The van der Waals surface area contributed by atoms with Crippen molar-refractivity contribution in [2.45, 2.75) is 0 Å². The van der Waals surface area contributed by atoms with Crippen LogP contribution in [0, 0.1) is 0 Å². The van der Waals surface area contributed by atoms with Gasteiger partial charge in [-0.1, -0.05) is 0 Å². The van der Waals surface area contributed by atoms with Crippen molar-refractivity contribution in [3.63, 3.8) is 0 Å². The second kappa shape index (κ2) is 9.23. The van der Waals surface area contributed by atoms with Crippen molar-refractivity contribution in [1.29, 1.82) is 0 Å². The topological polar surface area (TPSA) is 34.1 Å². The molecule has 31 heavy (non-hydrogen) atoms. The number of carbonyl (C=O) groups excluding carboxylic acids is 2. The Balaban J connectivity index is 2.06. The Morgan fingerprint density at radius 3 is 1.03 bits per heavy atom. The van der Waals surface area contributed by atoms with Gasteiger partial charge in [-0.2, -0.15) is 0 Å². The van der Waals surface area contributed by atoms with Gasteiger partial charge in [0.15, 0.2) is 0 Å². The SMILES string of the molecule is O=C(Cl)c1cc[c]([Ge]([c]2ccccc2)([c]2ccccc2)[c]2ccc(C(=O)Cl)cc2)cc1. The summed E-state index contributed by atoms with van der Waals surface area (Å²) < 4.78 is 4.79. The number of benzene rings is 4. The molecule has 4 rings (SSSR count). The van der Waals surface area contributed by atoms with E-state index in [4.69, 9.17) is 23.2 Å². The van der Waals surface area contributed by atoms with E-state index in [2.05, 4.69) is 24.3 Å². The van der Waals surface area contributed by atoms with Crippen molar-refractivity contribution < 1.29 is 9.59 Å². The van der Waals surface area contributed by atoms with Gasteiger partial charge in [-0.15, -0.1) is 0 Å². The molecule has 0 fully saturated rings. The molecule has 0 radical (unpaired) electrons. The van der Waals surface area contributed by atoms with Crippen LogP contribution in [0.5, 0.6) is 0 Å². The summed E-state index contributed by atoms with van der Waals surface area (Å²) in [5.74, 6) is 0. The van der Waals surface area contributed by atoms with Crippen LogP contribution < -0.4 is 17.6 Å². The zero-order chi connectivity index (χ0) is 21.8. The molecular formula is C26H18Cl2GeO2. The maximum absolute atomic E-state index is 11.7. The zero-order valence-corrected chi connectivity index (χ0v) is 20.1. The molecule has 0 aliphatic rings. The molecule has 2 nitrogen and oxygen atoms in total. The van der Waals surface area contributed by atoms with E-state index in [0.29, 0.717) is 11.1 Å². The van der Waals surface area contributed by atoms with Gasteiger partial charge in [0.25, 0.3) is 0 Å². The van der Waals surface area contributed by atoms with Crippen LogP contribution in [0.15, 0.2) is 109 Å². The van der Waals surface area contributed by atoms with Gasteiger partial charge in [0.1, 0.15) is 0 Å². The van der Waals surface area contributed by atoms with E-state index in [1.807, 2.05) is 60.7 Å². The third-order valence-corrected chi connectivity index (χ3v) is 16.0. The molecule has 0 atom stereocenters. The van der Waals surface area contributed by atoms with Crippen LogP contribution in [0.3, 0.4) is 0 Å². The molecule has 0 N–H and O–H groups in total. The van der Waals surface area contributed by atoms with Gasteiger partial charge in [0, 0.05) is 0 Å². The predicted molar refractivity (Wildman–Crippen MR) is 130 cm³/mol. The van der Waals surface area contributed by atoms with Crippen LogP contribution in [0.25, 0.3) is 0 Å². The molecule has 0 aliphatic carbocycles. The Bertz CT molecular complexity index is 1110. The quantitative estimate of drug-likeness (QED) is 0.295. The van der Waals surface area contributed by atoms with Crippen LogP contribution in [-0.4, -0.2) is 23.8 Å². The number of rotatable bonds is 6. The first-order valence-corrected chi connectivity index (χ1v) is 14.7. The van der Waals surface area contributed by atoms with E-state index >= 15 is 0 Å². The molecular weight excluding hydrogens is 488 g/mol. The summed E-state index contributed by atoms with van der Waals surface area (Å²) in [6.07, 6.45) is 0. The fraction of sp³-hybridized carbons (Fsp3) is 0. The molecule has 0 aliphatic heterocycles. The van der Waals surface area contributed by atoms with Crippen molar-refractivity contribution >= 4 is 64.5 Å². The first kappa shape index (κ1) is 21.6. The summed E-state index contributed by atoms with van der Waals surface area (Å²) in [6.45, 7) is 0. The van der Waals surface area contributed by atoms with Crippen molar-refractivity contribution in [3.05, 3.63) is 120 Å². The van der Waals surface area contributed by atoms with Gasteiger partial charge in [0.2, 0.25) is 0 Å². The predicted octanol–water partition coefficient (Wildman–Crippen LogP) is 3.82. The summed E-state index contributed by atoms with van der Waals surface area (Å²) in [5, 5.41) is -0.955. The van der Waals surface area contributed by atoms with E-state index in [0.717, 1.165) is 8.79 Å². The number of carbonyl (C=O) groups is 2. The Kier molecular flexibility index (Phi) is 6.42. The summed E-state index contributed by atoms with van der Waals surface area (Å²) in [4.78, 5) is 23.3. The van der Waals surface area contributed by atoms with E-state index in [-0.39, 0.29) is 0 Å². The standard InChI is InChI=1S/C26H18Cl2GeO2/c27-25(30)19-11-15-23(16-12-19)29(21-7-3-1-4-8-21,22-9-5-2-6-10-22)24-17-13-20(14-18-24)26(28)31/h1-18H. The Labute approximate surface area is 193 Å². The minimum atomic E-state index is -3.44. The van der Waals surface area contributed by atoms with E-state index in [9.17, 15) is 9.59 Å². The third-order valence-electron chi connectivity index (χ3n) is 5.50. The van der Waals surface area contributed by atoms with Gasteiger partial charge < -0.3 is 0 Å². The molecule has 4 aromatic rings. The molecule has 0 spiro atoms. The fourth-order valence-corrected chi connectivity index (χ4v) is 14.2. The van der Waals surface area contributed by atoms with E-state index < -0.39 is 23.8 Å². The van der Waals surface area contributed by atoms with E-state index in [1.165, 1.54) is 8.79 Å². The fourth-order valence-electron chi connectivity index (χ4n) is 4.08. The average Bonchev–Trinajstić information content (AvgIpc) is 2.82. The van der Waals surface area contributed by atoms with E-state index in [1.54, 1.807) is 24.3 Å². The van der Waals surface area contributed by atoms with Crippen molar-refractivity contribution in [3.8, 4) is 0 Å². The van der Waals surface area contributed by atoms with Gasteiger partial charge in [-0.25, -0.2) is 0 Å². The molecule has 0 aromatic heterocycles. The normalized spacial score (nSPS) is 11.2. The van der Waals surface area contributed by atoms with Crippen molar-refractivity contribution in [2.75, 3.05) is 0 Å². The first-order valence-electron chi connectivity index (χ1n) is 9.75. The molecule has 0 saturated heterocycles. The molecule has 4 aromatic carbocycles. The minimum absolute atomic E-state index is 0.464. The van der Waals surface area contributed by atoms with Crippen molar-refractivity contribution in [2.24, 2.45) is 0 Å².